The Kier molecular flexibility index (Phi) is 3.50. The predicted molar refractivity (Wildman–Crippen MR) is 90.5 cm³/mol. The first-order chi connectivity index (χ1) is 12.3. The minimum absolute atomic E-state index is 0.290. The minimum atomic E-state index is -1.06. The zero-order chi connectivity index (χ0) is 18.6. The Morgan fingerprint density at radius 3 is 2.88 bits per heavy atom. The molecule has 0 saturated heterocycles. The number of nitrogens with zero attached hydrogens (tertiary/aromatic N) is 4. The van der Waals surface area contributed by atoms with Crippen LogP contribution in [0.25, 0.3) is 5.82 Å². The highest BCUT2D eigenvalue weighted by atomic mass is 16.5. The molecule has 0 radical (unpaired) electrons. The summed E-state index contributed by atoms with van der Waals surface area (Å²) < 4.78 is 2.26. The topological polar surface area (TPSA) is 116 Å². The third kappa shape index (κ3) is 2.51. The standard InChI is InChI=1S/C17H20N6O3/c1-17(2,16(25)18-3)20-15(24)13-11-7-9-6-10(9)14(11)23(21-13)12-8-22(26)5-4-19-12/h4-5,8-10H,6-7H2,1-3H3,(H,18,25)(H,20,24)/t9-,10-/m1/s1. The van der Waals surface area contributed by atoms with E-state index in [-0.39, 0.29) is 5.91 Å². The summed E-state index contributed by atoms with van der Waals surface area (Å²) in [4.78, 5) is 29.0. The Morgan fingerprint density at radius 2 is 2.19 bits per heavy atom. The maximum absolute atomic E-state index is 12.8. The van der Waals surface area contributed by atoms with Gasteiger partial charge < -0.3 is 15.8 Å². The summed E-state index contributed by atoms with van der Waals surface area (Å²) in [5, 5.41) is 21.3. The fourth-order valence-corrected chi connectivity index (χ4v) is 3.66. The number of nitrogens with one attached hydrogen (secondary N) is 2. The van der Waals surface area contributed by atoms with E-state index >= 15 is 0 Å². The van der Waals surface area contributed by atoms with Gasteiger partial charge in [0.1, 0.15) is 5.54 Å². The molecule has 2 aromatic heterocycles. The zero-order valence-electron chi connectivity index (χ0n) is 14.8. The fraction of sp³-hybridized carbons (Fsp3) is 0.471. The summed E-state index contributed by atoms with van der Waals surface area (Å²) in [6.45, 7) is 3.27. The molecule has 2 aliphatic rings. The third-order valence-corrected chi connectivity index (χ3v) is 5.08. The van der Waals surface area contributed by atoms with Crippen molar-refractivity contribution in [3.8, 4) is 5.82 Å². The van der Waals surface area contributed by atoms with Gasteiger partial charge in [-0.2, -0.15) is 9.83 Å². The Balaban J connectivity index is 1.72. The van der Waals surface area contributed by atoms with Gasteiger partial charge in [0.25, 0.3) is 5.91 Å². The van der Waals surface area contributed by atoms with E-state index in [0.29, 0.717) is 28.1 Å². The van der Waals surface area contributed by atoms with Crippen LogP contribution in [0.5, 0.6) is 0 Å². The Hall–Kier alpha value is -2.97. The molecule has 2 aliphatic carbocycles. The van der Waals surface area contributed by atoms with Crippen LogP contribution in [0.1, 0.15) is 47.9 Å². The van der Waals surface area contributed by atoms with Crippen LogP contribution in [-0.4, -0.2) is 39.2 Å². The second-order valence-electron chi connectivity index (χ2n) is 7.36. The molecule has 136 valence electrons. The molecule has 9 heteroatoms. The van der Waals surface area contributed by atoms with Gasteiger partial charge in [0.05, 0.1) is 11.9 Å². The van der Waals surface area contributed by atoms with Gasteiger partial charge in [0.2, 0.25) is 17.9 Å². The van der Waals surface area contributed by atoms with Crippen molar-refractivity contribution < 1.29 is 14.3 Å². The van der Waals surface area contributed by atoms with Crippen molar-refractivity contribution >= 4 is 11.8 Å². The molecule has 0 unspecified atom stereocenters. The number of aromatic nitrogens is 4. The summed E-state index contributed by atoms with van der Waals surface area (Å²) in [7, 11) is 1.52. The van der Waals surface area contributed by atoms with Crippen molar-refractivity contribution in [2.75, 3.05) is 7.05 Å². The zero-order valence-corrected chi connectivity index (χ0v) is 14.8. The molecule has 0 bridgehead atoms. The van der Waals surface area contributed by atoms with Crippen LogP contribution in [0.15, 0.2) is 18.6 Å². The van der Waals surface area contributed by atoms with Gasteiger partial charge in [0, 0.05) is 18.5 Å². The van der Waals surface area contributed by atoms with Crippen LogP contribution in [0.2, 0.25) is 0 Å². The molecule has 1 saturated carbocycles. The van der Waals surface area contributed by atoms with E-state index in [1.807, 2.05) is 0 Å². The number of hydrogen-bond donors (Lipinski definition) is 2. The Bertz CT molecular complexity index is 919. The minimum Gasteiger partial charge on any atom is -0.619 e. The highest BCUT2D eigenvalue weighted by molar-refractivity contribution is 5.99. The summed E-state index contributed by atoms with van der Waals surface area (Å²) >= 11 is 0. The normalized spacial score (nSPS) is 20.3. The van der Waals surface area contributed by atoms with Gasteiger partial charge in [-0.05, 0) is 32.6 Å². The van der Waals surface area contributed by atoms with Crippen LogP contribution in [0.3, 0.4) is 0 Å². The summed E-state index contributed by atoms with van der Waals surface area (Å²) in [5.41, 5.74) is 1.08. The third-order valence-electron chi connectivity index (χ3n) is 5.08. The van der Waals surface area contributed by atoms with Crippen LogP contribution in [0, 0.1) is 11.1 Å². The van der Waals surface area contributed by atoms with Crippen LogP contribution in [0.4, 0.5) is 0 Å². The van der Waals surface area contributed by atoms with E-state index < -0.39 is 11.4 Å². The van der Waals surface area contributed by atoms with E-state index in [2.05, 4.69) is 20.7 Å². The number of fused-ring (bicyclic) bond motifs is 3. The first-order valence-electron chi connectivity index (χ1n) is 8.53. The van der Waals surface area contributed by atoms with Crippen LogP contribution in [-0.2, 0) is 11.2 Å². The number of likely N-dealkylation sites (N-methyl/N-ethyl adjacent to an activating group) is 1. The second-order valence-corrected chi connectivity index (χ2v) is 7.36. The maximum Gasteiger partial charge on any atom is 0.272 e. The average Bonchev–Trinajstić information content (AvgIpc) is 3.09. The molecule has 9 nitrogen and oxygen atoms in total. The van der Waals surface area contributed by atoms with Crippen molar-refractivity contribution in [3.63, 3.8) is 0 Å². The van der Waals surface area contributed by atoms with Gasteiger partial charge >= 0.3 is 0 Å². The first-order valence-corrected chi connectivity index (χ1v) is 8.53. The highest BCUT2D eigenvalue weighted by Crippen LogP contribution is 2.57. The Morgan fingerprint density at radius 1 is 1.42 bits per heavy atom. The van der Waals surface area contributed by atoms with Crippen molar-refractivity contribution in [1.29, 1.82) is 0 Å². The van der Waals surface area contributed by atoms with Crippen molar-refractivity contribution in [2.45, 2.75) is 38.1 Å². The van der Waals surface area contributed by atoms with Crippen LogP contribution >= 0.6 is 0 Å². The fourth-order valence-electron chi connectivity index (χ4n) is 3.66. The Labute approximate surface area is 150 Å². The van der Waals surface area contributed by atoms with Gasteiger partial charge in [-0.3, -0.25) is 9.59 Å². The maximum atomic E-state index is 12.8. The van der Waals surface area contributed by atoms with E-state index in [4.69, 9.17) is 0 Å². The lowest BCUT2D eigenvalue weighted by molar-refractivity contribution is -0.605. The van der Waals surface area contributed by atoms with E-state index in [0.717, 1.165) is 24.1 Å². The average molecular weight is 356 g/mol. The molecule has 2 heterocycles. The summed E-state index contributed by atoms with van der Waals surface area (Å²) in [6.07, 6.45) is 5.89. The van der Waals surface area contributed by atoms with Gasteiger partial charge in [-0.1, -0.05) is 0 Å². The smallest absolute Gasteiger partial charge is 0.272 e. The molecular formula is C17H20N6O3. The second kappa shape index (κ2) is 5.52. The van der Waals surface area contributed by atoms with E-state index in [1.165, 1.54) is 25.6 Å². The lowest BCUT2D eigenvalue weighted by atomic mass is 10.0. The molecule has 1 fully saturated rings. The molecule has 2 amide bonds. The van der Waals surface area contributed by atoms with Gasteiger partial charge in [-0.25, -0.2) is 9.67 Å². The molecule has 0 aliphatic heterocycles. The molecular weight excluding hydrogens is 336 g/mol. The molecule has 0 aromatic carbocycles. The molecule has 26 heavy (non-hydrogen) atoms. The quantitative estimate of drug-likeness (QED) is 0.582. The first kappa shape index (κ1) is 16.5. The van der Waals surface area contributed by atoms with Crippen molar-refractivity contribution in [1.82, 2.24) is 25.4 Å². The number of carbonyl (C=O) groups excluding carboxylic acids is 2. The number of carbonyl (C=O) groups is 2. The predicted octanol–water partition coefficient (Wildman–Crippen LogP) is -0.185. The van der Waals surface area contributed by atoms with Gasteiger partial charge in [0.15, 0.2) is 11.9 Å². The largest absolute Gasteiger partial charge is 0.619 e. The molecule has 2 N–H and O–H groups in total. The molecule has 2 aromatic rings. The van der Waals surface area contributed by atoms with Gasteiger partial charge in [-0.15, -0.1) is 0 Å². The SMILES string of the molecule is CNC(=O)C(C)(C)NC(=O)c1nn(-c2c[n+]([O-])ccn2)c2c1C[C@H]1C[C@@H]21. The lowest BCUT2D eigenvalue weighted by Gasteiger charge is -2.23. The molecule has 2 atom stereocenters. The van der Waals surface area contributed by atoms with E-state index in [1.54, 1.807) is 18.5 Å². The van der Waals surface area contributed by atoms with Crippen molar-refractivity contribution in [2.24, 2.45) is 5.92 Å². The number of amides is 2. The highest BCUT2D eigenvalue weighted by Gasteiger charge is 2.50. The van der Waals surface area contributed by atoms with E-state index in [9.17, 15) is 14.8 Å². The number of rotatable bonds is 4. The monoisotopic (exact) mass is 356 g/mol. The lowest BCUT2D eigenvalue weighted by Crippen LogP contribution is -2.54. The molecule has 0 spiro atoms. The van der Waals surface area contributed by atoms with Crippen LogP contribution < -0.4 is 15.4 Å². The number of hydrogen-bond acceptors (Lipinski definition) is 5. The summed E-state index contributed by atoms with van der Waals surface area (Å²) in [6, 6.07) is 0. The molecule has 4 rings (SSSR count). The summed E-state index contributed by atoms with van der Waals surface area (Å²) in [5.74, 6) is 0.572. The van der Waals surface area contributed by atoms with Crippen molar-refractivity contribution in [3.05, 3.63) is 40.7 Å².